The van der Waals surface area contributed by atoms with Crippen molar-refractivity contribution in [1.29, 1.82) is 0 Å². The van der Waals surface area contributed by atoms with Gasteiger partial charge in [-0.15, -0.1) is 0 Å². The van der Waals surface area contributed by atoms with Crippen LogP contribution in [0.2, 0.25) is 5.02 Å². The maximum absolute atomic E-state index is 12.5. The van der Waals surface area contributed by atoms with Gasteiger partial charge in [-0.1, -0.05) is 11.6 Å². The van der Waals surface area contributed by atoms with Crippen LogP contribution in [0.5, 0.6) is 0 Å². The van der Waals surface area contributed by atoms with Gasteiger partial charge in [-0.2, -0.15) is 0 Å². The summed E-state index contributed by atoms with van der Waals surface area (Å²) in [6, 6.07) is 12.2. The average molecular weight is 410 g/mol. The van der Waals surface area contributed by atoms with E-state index in [2.05, 4.69) is 17.2 Å². The molecule has 2 aromatic carbocycles. The van der Waals surface area contributed by atoms with Gasteiger partial charge in [0.05, 0.1) is 38.1 Å². The number of rotatable bonds is 5. The molecule has 144 valence electrons. The fraction of sp³-hybridized carbons (Fsp3) is 0.278. The van der Waals surface area contributed by atoms with Gasteiger partial charge in [0.2, 0.25) is 0 Å². The molecule has 1 amide bonds. The third-order valence-corrected chi connectivity index (χ3v) is 6.05. The van der Waals surface area contributed by atoms with Gasteiger partial charge in [0, 0.05) is 16.3 Å². The number of hydrogen-bond donors (Lipinski definition) is 3. The third-order valence-electron chi connectivity index (χ3n) is 4.40. The summed E-state index contributed by atoms with van der Waals surface area (Å²) in [5, 5.41) is 2.41. The maximum Gasteiger partial charge on any atom is 0.265 e. The van der Waals surface area contributed by atoms with Crippen molar-refractivity contribution in [3.63, 3.8) is 0 Å². The van der Waals surface area contributed by atoms with Crippen molar-refractivity contribution in [2.75, 3.05) is 37.9 Å². The highest BCUT2D eigenvalue weighted by atomic mass is 35.5. The van der Waals surface area contributed by atoms with E-state index in [9.17, 15) is 13.2 Å². The number of benzene rings is 2. The number of amides is 1. The Labute approximate surface area is 163 Å². The molecule has 1 aliphatic rings. The number of carbonyl (C=O) groups is 1. The molecular formula is C18H22ClN4O3S+. The van der Waals surface area contributed by atoms with E-state index in [1.807, 2.05) is 5.01 Å². The summed E-state index contributed by atoms with van der Waals surface area (Å²) >= 11 is 5.80. The standard InChI is InChI=1S/C18H21ClN4O3S/c1-22-10-12-23(13-11-22)20-18(24)14-2-8-17(9-3-14)27(25,26)21-16-6-4-15(19)5-7-16/h2-9,21H,10-13H2,1H3,(H,20,24)/p+1. The number of halogens is 1. The number of hydrogen-bond acceptors (Lipinski definition) is 4. The summed E-state index contributed by atoms with van der Waals surface area (Å²) < 4.78 is 27.4. The number of anilines is 1. The van der Waals surface area contributed by atoms with Crippen LogP contribution in [0.15, 0.2) is 53.4 Å². The van der Waals surface area contributed by atoms with Gasteiger partial charge in [-0.05, 0) is 48.5 Å². The van der Waals surface area contributed by atoms with E-state index in [1.54, 1.807) is 24.3 Å². The number of piperazine rings is 1. The normalized spacial score (nSPS) is 16.1. The van der Waals surface area contributed by atoms with E-state index < -0.39 is 10.0 Å². The number of likely N-dealkylation sites (N-methyl/N-ethyl adjacent to an activating group) is 1. The molecule has 0 atom stereocenters. The van der Waals surface area contributed by atoms with E-state index in [-0.39, 0.29) is 10.8 Å². The second-order valence-corrected chi connectivity index (χ2v) is 8.64. The molecule has 2 aromatic rings. The quantitative estimate of drug-likeness (QED) is 0.676. The van der Waals surface area contributed by atoms with E-state index in [0.717, 1.165) is 26.2 Å². The lowest BCUT2D eigenvalue weighted by atomic mass is 10.2. The average Bonchev–Trinajstić information content (AvgIpc) is 2.65. The topological polar surface area (TPSA) is 83.0 Å². The maximum atomic E-state index is 12.5. The molecule has 0 radical (unpaired) electrons. The van der Waals surface area contributed by atoms with Crippen molar-refractivity contribution < 1.29 is 18.1 Å². The Morgan fingerprint density at radius 2 is 1.63 bits per heavy atom. The molecule has 0 aromatic heterocycles. The summed E-state index contributed by atoms with van der Waals surface area (Å²) in [6.45, 7) is 3.51. The second-order valence-electron chi connectivity index (χ2n) is 6.52. The Hall–Kier alpha value is -2.13. The zero-order valence-corrected chi connectivity index (χ0v) is 16.5. The molecule has 9 heteroatoms. The van der Waals surface area contributed by atoms with Gasteiger partial charge in [0.25, 0.3) is 15.9 Å². The highest BCUT2D eigenvalue weighted by Gasteiger charge is 2.20. The molecule has 1 fully saturated rings. The molecule has 0 spiro atoms. The first-order valence-corrected chi connectivity index (χ1v) is 10.5. The van der Waals surface area contributed by atoms with Crippen molar-refractivity contribution in [3.05, 3.63) is 59.1 Å². The monoisotopic (exact) mass is 409 g/mol. The highest BCUT2D eigenvalue weighted by Crippen LogP contribution is 2.18. The van der Waals surface area contributed by atoms with Gasteiger partial charge in [0.1, 0.15) is 0 Å². The zero-order valence-electron chi connectivity index (χ0n) is 14.9. The number of nitrogens with one attached hydrogen (secondary N) is 3. The molecule has 1 heterocycles. The minimum absolute atomic E-state index is 0.0807. The number of sulfonamides is 1. The van der Waals surface area contributed by atoms with Crippen molar-refractivity contribution in [1.82, 2.24) is 10.4 Å². The summed E-state index contributed by atoms with van der Waals surface area (Å²) in [7, 11) is -1.62. The van der Waals surface area contributed by atoms with Gasteiger partial charge < -0.3 is 4.90 Å². The van der Waals surface area contributed by atoms with Crippen molar-refractivity contribution >= 4 is 33.2 Å². The number of quaternary nitrogens is 1. The minimum atomic E-state index is -3.74. The second kappa shape index (κ2) is 8.26. The van der Waals surface area contributed by atoms with Crippen LogP contribution in [-0.4, -0.2) is 52.6 Å². The van der Waals surface area contributed by atoms with Gasteiger partial charge in [-0.25, -0.2) is 13.4 Å². The number of nitrogens with zero attached hydrogens (tertiary/aromatic N) is 1. The van der Waals surface area contributed by atoms with Crippen LogP contribution in [0.4, 0.5) is 5.69 Å². The molecule has 0 bridgehead atoms. The van der Waals surface area contributed by atoms with Crippen molar-refractivity contribution in [3.8, 4) is 0 Å². The Bertz CT molecular complexity index is 893. The Kier molecular flexibility index (Phi) is 6.01. The van der Waals surface area contributed by atoms with E-state index in [4.69, 9.17) is 11.6 Å². The zero-order chi connectivity index (χ0) is 19.4. The van der Waals surface area contributed by atoms with Crippen molar-refractivity contribution in [2.45, 2.75) is 4.90 Å². The molecule has 3 rings (SSSR count). The third kappa shape index (κ3) is 5.20. The van der Waals surface area contributed by atoms with Crippen LogP contribution in [0, 0.1) is 0 Å². The first-order chi connectivity index (χ1) is 12.8. The summed E-state index contributed by atoms with van der Waals surface area (Å²) in [4.78, 5) is 13.9. The summed E-state index contributed by atoms with van der Waals surface area (Å²) in [5.41, 5.74) is 3.69. The molecule has 1 saturated heterocycles. The molecule has 3 N–H and O–H groups in total. The lowest BCUT2D eigenvalue weighted by molar-refractivity contribution is -0.884. The highest BCUT2D eigenvalue weighted by molar-refractivity contribution is 7.92. The molecular weight excluding hydrogens is 388 g/mol. The number of carbonyl (C=O) groups excluding carboxylic acids is 1. The van der Waals surface area contributed by atoms with Crippen LogP contribution in [0.3, 0.4) is 0 Å². The van der Waals surface area contributed by atoms with E-state index >= 15 is 0 Å². The lowest BCUT2D eigenvalue weighted by Crippen LogP contribution is -3.12. The van der Waals surface area contributed by atoms with E-state index in [1.165, 1.54) is 29.2 Å². The van der Waals surface area contributed by atoms with Crippen LogP contribution in [0.1, 0.15) is 10.4 Å². The predicted molar refractivity (Wildman–Crippen MR) is 104 cm³/mol. The first kappa shape index (κ1) is 19.6. The van der Waals surface area contributed by atoms with Gasteiger partial charge in [0.15, 0.2) is 0 Å². The van der Waals surface area contributed by atoms with Crippen LogP contribution in [0.25, 0.3) is 0 Å². The molecule has 0 saturated carbocycles. The van der Waals surface area contributed by atoms with Crippen LogP contribution < -0.4 is 15.0 Å². The van der Waals surface area contributed by atoms with E-state index in [0.29, 0.717) is 16.3 Å². The smallest absolute Gasteiger partial charge is 0.265 e. The molecule has 7 nitrogen and oxygen atoms in total. The Balaban J connectivity index is 1.65. The van der Waals surface area contributed by atoms with Crippen LogP contribution in [-0.2, 0) is 10.0 Å². The largest absolute Gasteiger partial charge is 0.335 e. The Morgan fingerprint density at radius 1 is 1.04 bits per heavy atom. The SMILES string of the molecule is C[NH+]1CCN(NC(=O)c2ccc(S(=O)(=O)Nc3ccc(Cl)cc3)cc2)CC1. The predicted octanol–water partition coefficient (Wildman–Crippen LogP) is 0.616. The van der Waals surface area contributed by atoms with Gasteiger partial charge >= 0.3 is 0 Å². The Morgan fingerprint density at radius 3 is 2.22 bits per heavy atom. The summed E-state index contributed by atoms with van der Waals surface area (Å²) in [5.74, 6) is -0.246. The fourth-order valence-electron chi connectivity index (χ4n) is 2.73. The molecule has 0 unspecified atom stereocenters. The van der Waals surface area contributed by atoms with Gasteiger partial charge in [-0.3, -0.25) is 14.9 Å². The first-order valence-electron chi connectivity index (χ1n) is 8.59. The van der Waals surface area contributed by atoms with Crippen LogP contribution >= 0.6 is 11.6 Å². The fourth-order valence-corrected chi connectivity index (χ4v) is 3.91. The minimum Gasteiger partial charge on any atom is -0.335 e. The molecule has 1 aliphatic heterocycles. The molecule has 0 aliphatic carbocycles. The summed E-state index contributed by atoms with van der Waals surface area (Å²) in [6.07, 6.45) is 0. The lowest BCUT2D eigenvalue weighted by Gasteiger charge is -2.30. The van der Waals surface area contributed by atoms with Crippen molar-refractivity contribution in [2.24, 2.45) is 0 Å². The number of hydrazine groups is 1. The molecule has 27 heavy (non-hydrogen) atoms.